The van der Waals surface area contributed by atoms with Crippen LogP contribution in [0.2, 0.25) is 0 Å². The predicted octanol–water partition coefficient (Wildman–Crippen LogP) is 3.96. The molecule has 0 spiro atoms. The molecule has 2 aromatic carbocycles. The number of hydrogen-bond acceptors (Lipinski definition) is 8. The van der Waals surface area contributed by atoms with E-state index in [1.165, 1.54) is 35.9 Å². The number of benzene rings is 2. The third-order valence-corrected chi connectivity index (χ3v) is 5.67. The van der Waals surface area contributed by atoms with Gasteiger partial charge in [-0.15, -0.1) is 0 Å². The molecule has 0 atom stereocenters. The highest BCUT2D eigenvalue weighted by atomic mass is 32.2. The number of carbonyl (C=O) groups is 3. The summed E-state index contributed by atoms with van der Waals surface area (Å²) in [6, 6.07) is 11.3. The summed E-state index contributed by atoms with van der Waals surface area (Å²) < 4.78 is 15.7. The van der Waals surface area contributed by atoms with Gasteiger partial charge in [0.2, 0.25) is 0 Å². The number of amides is 1. The number of aliphatic imine (C=N–C) groups is 1. The lowest BCUT2D eigenvalue weighted by Crippen LogP contribution is -2.28. The molecular formula is C24H24N2O7S. The number of carboxylic acid groups (broad SMARTS) is 1. The highest BCUT2D eigenvalue weighted by Gasteiger charge is 2.32. The van der Waals surface area contributed by atoms with E-state index in [4.69, 9.17) is 14.2 Å². The maximum Gasteiger partial charge on any atom is 0.344 e. The SMILES string of the molecule is CCOC(=O)COc1ccc(/C=C2/SC(=Nc3cccc(C(=O)O)c3)N(CC)C2=O)cc1OC. The monoisotopic (exact) mass is 484 g/mol. The van der Waals surface area contributed by atoms with Crippen LogP contribution >= 0.6 is 11.8 Å². The molecule has 1 saturated heterocycles. The van der Waals surface area contributed by atoms with Crippen molar-refractivity contribution < 1.29 is 33.7 Å². The van der Waals surface area contributed by atoms with Crippen molar-refractivity contribution in [1.29, 1.82) is 0 Å². The molecule has 1 aliphatic rings. The van der Waals surface area contributed by atoms with Crippen LogP contribution in [-0.4, -0.2) is 59.9 Å². The number of rotatable bonds is 9. The Morgan fingerprint density at radius 2 is 1.94 bits per heavy atom. The van der Waals surface area contributed by atoms with Crippen LogP contribution in [0.25, 0.3) is 6.08 Å². The molecule has 178 valence electrons. The molecule has 0 unspecified atom stereocenters. The molecule has 0 bridgehead atoms. The standard InChI is InChI=1S/C24H24N2O7S/c1-4-26-22(28)20(34-24(26)25-17-8-6-7-16(13-17)23(29)30)12-15-9-10-18(19(11-15)31-3)33-14-21(27)32-5-2/h6-13H,4-5,14H2,1-3H3,(H,29,30)/b20-12+,25-24?. The fourth-order valence-electron chi connectivity index (χ4n) is 3.07. The molecule has 0 aliphatic carbocycles. The lowest BCUT2D eigenvalue weighted by molar-refractivity contribution is -0.145. The maximum absolute atomic E-state index is 12.9. The van der Waals surface area contributed by atoms with E-state index in [-0.39, 0.29) is 24.7 Å². The van der Waals surface area contributed by atoms with E-state index in [1.807, 2.05) is 6.92 Å². The van der Waals surface area contributed by atoms with Crippen LogP contribution < -0.4 is 9.47 Å². The van der Waals surface area contributed by atoms with Gasteiger partial charge in [0.25, 0.3) is 5.91 Å². The lowest BCUT2D eigenvalue weighted by atomic mass is 10.2. The van der Waals surface area contributed by atoms with Gasteiger partial charge in [-0.25, -0.2) is 14.6 Å². The van der Waals surface area contributed by atoms with Crippen molar-refractivity contribution >= 4 is 46.5 Å². The Labute approximate surface area is 201 Å². The quantitative estimate of drug-likeness (QED) is 0.420. The zero-order valence-electron chi connectivity index (χ0n) is 18.9. The molecule has 1 amide bonds. The summed E-state index contributed by atoms with van der Waals surface area (Å²) in [7, 11) is 1.48. The Hall–Kier alpha value is -3.79. The van der Waals surface area contributed by atoms with Gasteiger partial charge in [0.05, 0.1) is 29.9 Å². The van der Waals surface area contributed by atoms with Gasteiger partial charge in [0.1, 0.15) is 0 Å². The highest BCUT2D eigenvalue weighted by molar-refractivity contribution is 8.18. The number of methoxy groups -OCH3 is 1. The zero-order valence-corrected chi connectivity index (χ0v) is 19.8. The van der Waals surface area contributed by atoms with Gasteiger partial charge in [-0.2, -0.15) is 0 Å². The van der Waals surface area contributed by atoms with Crippen LogP contribution in [0, 0.1) is 0 Å². The number of likely N-dealkylation sites (N-methyl/N-ethyl adjacent to an activating group) is 1. The summed E-state index contributed by atoms with van der Waals surface area (Å²) in [4.78, 5) is 42.2. The third-order valence-electron chi connectivity index (χ3n) is 4.66. The van der Waals surface area contributed by atoms with E-state index in [1.54, 1.807) is 43.3 Å². The van der Waals surface area contributed by atoms with Gasteiger partial charge in [0, 0.05) is 6.54 Å². The summed E-state index contributed by atoms with van der Waals surface area (Å²) >= 11 is 1.20. The second-order valence-electron chi connectivity index (χ2n) is 6.91. The van der Waals surface area contributed by atoms with E-state index < -0.39 is 11.9 Å². The number of aromatic carboxylic acids is 1. The molecule has 34 heavy (non-hydrogen) atoms. The first-order valence-electron chi connectivity index (χ1n) is 10.5. The minimum absolute atomic E-state index is 0.118. The maximum atomic E-state index is 12.9. The Bertz CT molecular complexity index is 1160. The van der Waals surface area contributed by atoms with Gasteiger partial charge < -0.3 is 19.3 Å². The Balaban J connectivity index is 1.84. The minimum atomic E-state index is -1.05. The topological polar surface area (TPSA) is 115 Å². The summed E-state index contributed by atoms with van der Waals surface area (Å²) in [5.41, 5.74) is 1.26. The van der Waals surface area contributed by atoms with E-state index in [0.29, 0.717) is 39.4 Å². The second-order valence-corrected chi connectivity index (χ2v) is 7.92. The van der Waals surface area contributed by atoms with Crippen molar-refractivity contribution in [3.8, 4) is 11.5 Å². The number of hydrogen-bond donors (Lipinski definition) is 1. The molecule has 1 aliphatic heterocycles. The predicted molar refractivity (Wildman–Crippen MR) is 129 cm³/mol. The molecule has 2 aromatic rings. The first-order valence-corrected chi connectivity index (χ1v) is 11.3. The average molecular weight is 485 g/mol. The van der Waals surface area contributed by atoms with Gasteiger partial charge in [0.15, 0.2) is 23.3 Å². The molecule has 9 nitrogen and oxygen atoms in total. The molecule has 0 saturated carbocycles. The number of esters is 1. The number of carbonyl (C=O) groups excluding carboxylic acids is 2. The largest absolute Gasteiger partial charge is 0.493 e. The first kappa shape index (κ1) is 24.8. The molecule has 10 heteroatoms. The van der Waals surface area contributed by atoms with Gasteiger partial charge in [-0.1, -0.05) is 12.1 Å². The van der Waals surface area contributed by atoms with Gasteiger partial charge in [-0.3, -0.25) is 9.69 Å². The molecule has 3 rings (SSSR count). The Morgan fingerprint density at radius 1 is 1.15 bits per heavy atom. The van der Waals surface area contributed by atoms with Gasteiger partial charge in [-0.05, 0) is 67.6 Å². The molecular weight excluding hydrogens is 460 g/mol. The van der Waals surface area contributed by atoms with Crippen molar-refractivity contribution in [3.05, 3.63) is 58.5 Å². The molecule has 1 heterocycles. The first-order chi connectivity index (χ1) is 16.4. The smallest absolute Gasteiger partial charge is 0.344 e. The van der Waals surface area contributed by atoms with Crippen molar-refractivity contribution in [2.24, 2.45) is 4.99 Å². The summed E-state index contributed by atoms with van der Waals surface area (Å²) in [5.74, 6) is -0.959. The third kappa shape index (κ3) is 5.96. The highest BCUT2D eigenvalue weighted by Crippen LogP contribution is 2.35. The second kappa shape index (κ2) is 11.4. The fourth-order valence-corrected chi connectivity index (χ4v) is 4.14. The molecule has 1 fully saturated rings. The summed E-state index contributed by atoms with van der Waals surface area (Å²) in [5, 5.41) is 9.65. The van der Waals surface area contributed by atoms with Crippen LogP contribution in [0.15, 0.2) is 52.4 Å². The number of carboxylic acids is 1. The number of thioether (sulfide) groups is 1. The fraction of sp³-hybridized carbons (Fsp3) is 0.250. The molecule has 0 radical (unpaired) electrons. The summed E-state index contributed by atoms with van der Waals surface area (Å²) in [6.45, 7) is 3.98. The van der Waals surface area contributed by atoms with Crippen LogP contribution in [0.3, 0.4) is 0 Å². The average Bonchev–Trinajstić information content (AvgIpc) is 3.11. The normalized spacial score (nSPS) is 15.6. The lowest BCUT2D eigenvalue weighted by Gasteiger charge is -2.12. The number of nitrogens with zero attached hydrogens (tertiary/aromatic N) is 2. The van der Waals surface area contributed by atoms with E-state index in [9.17, 15) is 19.5 Å². The van der Waals surface area contributed by atoms with Crippen LogP contribution in [0.1, 0.15) is 29.8 Å². The van der Waals surface area contributed by atoms with Gasteiger partial charge >= 0.3 is 11.9 Å². The van der Waals surface area contributed by atoms with E-state index >= 15 is 0 Å². The number of amidine groups is 1. The van der Waals surface area contributed by atoms with Crippen LogP contribution in [-0.2, 0) is 14.3 Å². The Morgan fingerprint density at radius 3 is 2.62 bits per heavy atom. The van der Waals surface area contributed by atoms with Crippen molar-refractivity contribution in [2.45, 2.75) is 13.8 Å². The Kier molecular flexibility index (Phi) is 8.31. The van der Waals surface area contributed by atoms with E-state index in [0.717, 1.165) is 0 Å². The van der Waals surface area contributed by atoms with Crippen molar-refractivity contribution in [1.82, 2.24) is 4.90 Å². The van der Waals surface area contributed by atoms with Crippen molar-refractivity contribution in [3.63, 3.8) is 0 Å². The molecule has 1 N–H and O–H groups in total. The minimum Gasteiger partial charge on any atom is -0.493 e. The van der Waals surface area contributed by atoms with Crippen LogP contribution in [0.5, 0.6) is 11.5 Å². The zero-order chi connectivity index (χ0) is 24.7. The summed E-state index contributed by atoms with van der Waals surface area (Å²) in [6.07, 6.45) is 1.71. The molecule has 0 aromatic heterocycles. The van der Waals surface area contributed by atoms with E-state index in [2.05, 4.69) is 4.99 Å². The van der Waals surface area contributed by atoms with Crippen molar-refractivity contribution in [2.75, 3.05) is 26.9 Å². The van der Waals surface area contributed by atoms with Crippen LogP contribution in [0.4, 0.5) is 5.69 Å². The number of ether oxygens (including phenoxy) is 3.